The van der Waals surface area contributed by atoms with Crippen molar-refractivity contribution in [2.24, 2.45) is 0 Å². The van der Waals surface area contributed by atoms with Gasteiger partial charge in [-0.3, -0.25) is 0 Å². The number of hydrogen-bond acceptors (Lipinski definition) is 3. The lowest BCUT2D eigenvalue weighted by atomic mass is 10.0. The number of pyridine rings is 1. The van der Waals surface area contributed by atoms with Crippen LogP contribution in [0.25, 0.3) is 5.65 Å². The number of nitrogens with one attached hydrogen (secondary N) is 1. The summed E-state index contributed by atoms with van der Waals surface area (Å²) in [5, 5.41) is 3.66. The van der Waals surface area contributed by atoms with Crippen LogP contribution in [-0.2, 0) is 6.54 Å². The van der Waals surface area contributed by atoms with Gasteiger partial charge in [-0.2, -0.15) is 0 Å². The lowest BCUT2D eigenvalue weighted by molar-refractivity contribution is 0.160. The highest BCUT2D eigenvalue weighted by Crippen LogP contribution is 2.13. The van der Waals surface area contributed by atoms with Crippen LogP contribution >= 0.6 is 0 Å². The van der Waals surface area contributed by atoms with Gasteiger partial charge in [0.15, 0.2) is 0 Å². The quantitative estimate of drug-likeness (QED) is 0.927. The maximum atomic E-state index is 4.63. The van der Waals surface area contributed by atoms with E-state index in [4.69, 9.17) is 0 Å². The van der Waals surface area contributed by atoms with Crippen molar-refractivity contribution in [3.05, 3.63) is 36.3 Å². The number of hydrogen-bond donors (Lipinski definition) is 1. The van der Waals surface area contributed by atoms with E-state index in [9.17, 15) is 0 Å². The molecule has 0 atom stereocenters. The molecule has 3 heterocycles. The zero-order valence-electron chi connectivity index (χ0n) is 12.4. The Hall–Kier alpha value is -1.39. The summed E-state index contributed by atoms with van der Waals surface area (Å²) in [6.07, 6.45) is 6.65. The largest absolute Gasteiger partial charge is 0.308 e. The van der Waals surface area contributed by atoms with Crippen molar-refractivity contribution in [2.45, 2.75) is 45.3 Å². The molecule has 1 aliphatic heterocycles. The van der Waals surface area contributed by atoms with Gasteiger partial charge < -0.3 is 14.6 Å². The van der Waals surface area contributed by atoms with Crippen LogP contribution in [0.5, 0.6) is 0 Å². The molecule has 0 unspecified atom stereocenters. The van der Waals surface area contributed by atoms with Gasteiger partial charge in [-0.05, 0) is 51.9 Å². The molecule has 108 valence electrons. The number of nitrogens with zero attached hydrogens (tertiary/aromatic N) is 3. The van der Waals surface area contributed by atoms with Gasteiger partial charge in [0.25, 0.3) is 0 Å². The van der Waals surface area contributed by atoms with E-state index in [0.29, 0.717) is 12.1 Å². The van der Waals surface area contributed by atoms with E-state index in [1.54, 1.807) is 0 Å². The molecule has 2 aromatic heterocycles. The Kier molecular flexibility index (Phi) is 4.03. The van der Waals surface area contributed by atoms with Crippen LogP contribution in [0.15, 0.2) is 30.6 Å². The zero-order chi connectivity index (χ0) is 13.9. The summed E-state index contributed by atoms with van der Waals surface area (Å²) in [6, 6.07) is 7.42. The molecule has 20 heavy (non-hydrogen) atoms. The molecule has 0 saturated carbocycles. The van der Waals surface area contributed by atoms with Gasteiger partial charge in [0.1, 0.15) is 5.65 Å². The Balaban J connectivity index is 1.52. The van der Waals surface area contributed by atoms with Crippen molar-refractivity contribution >= 4 is 5.65 Å². The predicted octanol–water partition coefficient (Wildman–Crippen LogP) is 2.30. The summed E-state index contributed by atoms with van der Waals surface area (Å²) in [5.74, 6) is 0. The minimum atomic E-state index is 0.634. The van der Waals surface area contributed by atoms with Crippen LogP contribution in [0.2, 0.25) is 0 Å². The summed E-state index contributed by atoms with van der Waals surface area (Å²) < 4.78 is 2.08. The molecule has 0 spiro atoms. The van der Waals surface area contributed by atoms with Crippen molar-refractivity contribution in [2.75, 3.05) is 13.1 Å². The number of rotatable bonds is 4. The fraction of sp³-hybridized carbons (Fsp3) is 0.562. The average molecular weight is 272 g/mol. The number of piperidine rings is 1. The second-order valence-corrected chi connectivity index (χ2v) is 5.98. The second kappa shape index (κ2) is 5.94. The summed E-state index contributed by atoms with van der Waals surface area (Å²) in [5.41, 5.74) is 2.15. The third kappa shape index (κ3) is 3.02. The van der Waals surface area contributed by atoms with Gasteiger partial charge in [-0.1, -0.05) is 6.07 Å². The topological polar surface area (TPSA) is 32.6 Å². The zero-order valence-corrected chi connectivity index (χ0v) is 12.4. The van der Waals surface area contributed by atoms with Crippen LogP contribution in [0.3, 0.4) is 0 Å². The minimum absolute atomic E-state index is 0.634. The van der Waals surface area contributed by atoms with Gasteiger partial charge in [-0.25, -0.2) is 4.98 Å². The van der Waals surface area contributed by atoms with Gasteiger partial charge >= 0.3 is 0 Å². The molecule has 2 aromatic rings. The lowest BCUT2D eigenvalue weighted by Crippen LogP contribution is -2.44. The molecule has 0 aromatic carbocycles. The van der Waals surface area contributed by atoms with Crippen molar-refractivity contribution in [3.63, 3.8) is 0 Å². The van der Waals surface area contributed by atoms with Crippen LogP contribution in [0.4, 0.5) is 0 Å². The molecule has 4 nitrogen and oxygen atoms in total. The Labute approximate surface area is 120 Å². The van der Waals surface area contributed by atoms with Gasteiger partial charge in [0.2, 0.25) is 0 Å². The number of fused-ring (bicyclic) bond motifs is 1. The first kappa shape index (κ1) is 13.6. The third-order valence-electron chi connectivity index (χ3n) is 4.25. The van der Waals surface area contributed by atoms with Crippen molar-refractivity contribution in [3.8, 4) is 0 Å². The molecule has 0 amide bonds. The standard InChI is InChI=1S/C16H24N4/c1-13(2)19-9-6-14(7-10-19)17-11-15-12-20-8-4-3-5-16(20)18-15/h3-5,8,12-14,17H,6-7,9-11H2,1-2H3. The normalized spacial score (nSPS) is 18.1. The number of likely N-dealkylation sites (tertiary alicyclic amines) is 1. The first-order valence-electron chi connectivity index (χ1n) is 7.62. The van der Waals surface area contributed by atoms with Crippen LogP contribution in [0.1, 0.15) is 32.4 Å². The third-order valence-corrected chi connectivity index (χ3v) is 4.25. The van der Waals surface area contributed by atoms with E-state index >= 15 is 0 Å². The molecule has 3 rings (SSSR count). The molecular formula is C16H24N4. The summed E-state index contributed by atoms with van der Waals surface area (Å²) >= 11 is 0. The highest BCUT2D eigenvalue weighted by Gasteiger charge is 2.20. The first-order chi connectivity index (χ1) is 9.72. The fourth-order valence-electron chi connectivity index (χ4n) is 2.94. The van der Waals surface area contributed by atoms with Crippen molar-refractivity contribution in [1.82, 2.24) is 19.6 Å². The molecule has 0 bridgehead atoms. The summed E-state index contributed by atoms with van der Waals surface area (Å²) in [6.45, 7) is 7.85. The maximum Gasteiger partial charge on any atom is 0.137 e. The van der Waals surface area contributed by atoms with Gasteiger partial charge in [-0.15, -0.1) is 0 Å². The van der Waals surface area contributed by atoms with Crippen LogP contribution in [0, 0.1) is 0 Å². The summed E-state index contributed by atoms with van der Waals surface area (Å²) in [4.78, 5) is 7.19. The highest BCUT2D eigenvalue weighted by atomic mass is 15.2. The SMILES string of the molecule is CC(C)N1CCC(NCc2cn3ccccc3n2)CC1. The van der Waals surface area contributed by atoms with E-state index in [-0.39, 0.29) is 0 Å². The predicted molar refractivity (Wildman–Crippen MR) is 81.8 cm³/mol. The van der Waals surface area contributed by atoms with Gasteiger partial charge in [0, 0.05) is 31.0 Å². The highest BCUT2D eigenvalue weighted by molar-refractivity contribution is 5.39. The van der Waals surface area contributed by atoms with Gasteiger partial charge in [0.05, 0.1) is 5.69 Å². The molecular weight excluding hydrogens is 248 g/mol. The molecule has 1 N–H and O–H groups in total. The van der Waals surface area contributed by atoms with E-state index < -0.39 is 0 Å². The molecule has 0 aliphatic carbocycles. The Morgan fingerprint density at radius 1 is 1.30 bits per heavy atom. The van der Waals surface area contributed by atoms with E-state index in [2.05, 4.69) is 39.6 Å². The summed E-state index contributed by atoms with van der Waals surface area (Å²) in [7, 11) is 0. The van der Waals surface area contributed by atoms with Crippen LogP contribution < -0.4 is 5.32 Å². The van der Waals surface area contributed by atoms with E-state index in [1.165, 1.54) is 25.9 Å². The Morgan fingerprint density at radius 3 is 2.80 bits per heavy atom. The second-order valence-electron chi connectivity index (χ2n) is 5.98. The van der Waals surface area contributed by atoms with E-state index in [0.717, 1.165) is 17.9 Å². The van der Waals surface area contributed by atoms with Crippen molar-refractivity contribution in [1.29, 1.82) is 0 Å². The number of aromatic nitrogens is 2. The molecule has 1 saturated heterocycles. The Bertz CT molecular complexity index is 519. The smallest absolute Gasteiger partial charge is 0.137 e. The molecule has 1 fully saturated rings. The van der Waals surface area contributed by atoms with Crippen molar-refractivity contribution < 1.29 is 0 Å². The molecule has 1 aliphatic rings. The van der Waals surface area contributed by atoms with E-state index in [1.807, 2.05) is 24.4 Å². The Morgan fingerprint density at radius 2 is 2.10 bits per heavy atom. The average Bonchev–Trinajstić information content (AvgIpc) is 2.88. The molecule has 0 radical (unpaired) electrons. The first-order valence-corrected chi connectivity index (χ1v) is 7.62. The lowest BCUT2D eigenvalue weighted by Gasteiger charge is -2.34. The maximum absolute atomic E-state index is 4.63. The van der Waals surface area contributed by atoms with Crippen LogP contribution in [-0.4, -0.2) is 39.5 Å². The number of imidazole rings is 1. The fourth-order valence-corrected chi connectivity index (χ4v) is 2.94. The monoisotopic (exact) mass is 272 g/mol. The molecule has 4 heteroatoms. The minimum Gasteiger partial charge on any atom is -0.308 e.